The number of ether oxygens (including phenoxy) is 2. The first kappa shape index (κ1) is 23.4. The Balaban J connectivity index is 1.50. The number of carbonyl (C=O) groups is 1. The van der Waals surface area contributed by atoms with Gasteiger partial charge in [-0.15, -0.1) is 0 Å². The summed E-state index contributed by atoms with van der Waals surface area (Å²) in [6, 6.07) is 16.0. The fourth-order valence-corrected chi connectivity index (χ4v) is 3.68. The van der Waals surface area contributed by atoms with Gasteiger partial charge in [0.05, 0.1) is 24.8 Å². The molecule has 6 heteroatoms. The number of nitrogens with one attached hydrogen (secondary N) is 1. The molecular formula is C26H33N3O3. The van der Waals surface area contributed by atoms with Gasteiger partial charge in [-0.05, 0) is 56.5 Å². The Morgan fingerprint density at radius 3 is 2.75 bits per heavy atom. The highest BCUT2D eigenvalue weighted by molar-refractivity contribution is 5.87. The van der Waals surface area contributed by atoms with Gasteiger partial charge in [-0.2, -0.15) is 0 Å². The van der Waals surface area contributed by atoms with Crippen molar-refractivity contribution in [3.8, 4) is 11.5 Å². The molecule has 0 fully saturated rings. The van der Waals surface area contributed by atoms with Crippen molar-refractivity contribution >= 4 is 16.9 Å². The van der Waals surface area contributed by atoms with E-state index in [1.54, 1.807) is 19.3 Å². The van der Waals surface area contributed by atoms with Crippen LogP contribution >= 0.6 is 0 Å². The van der Waals surface area contributed by atoms with Gasteiger partial charge in [0.25, 0.3) is 0 Å². The summed E-state index contributed by atoms with van der Waals surface area (Å²) < 4.78 is 13.5. The SMILES string of the molecule is C/C=C/C(=O)NCCCCCc1nc2ccccc2n1CCCOc1cccc(OC)c1. The summed E-state index contributed by atoms with van der Waals surface area (Å²) in [5.74, 6) is 2.71. The summed E-state index contributed by atoms with van der Waals surface area (Å²) in [6.45, 7) is 4.04. The van der Waals surface area contributed by atoms with Gasteiger partial charge in [0.1, 0.15) is 17.3 Å². The van der Waals surface area contributed by atoms with Crippen LogP contribution in [0.4, 0.5) is 0 Å². The van der Waals surface area contributed by atoms with E-state index < -0.39 is 0 Å². The molecule has 3 aromatic rings. The average Bonchev–Trinajstić information content (AvgIpc) is 3.16. The normalized spacial score (nSPS) is 11.2. The monoisotopic (exact) mass is 435 g/mol. The number of hydrogen-bond donors (Lipinski definition) is 1. The molecule has 0 unspecified atom stereocenters. The third-order valence-corrected chi connectivity index (χ3v) is 5.26. The number of fused-ring (bicyclic) bond motifs is 1. The maximum atomic E-state index is 11.5. The van der Waals surface area contributed by atoms with E-state index >= 15 is 0 Å². The average molecular weight is 436 g/mol. The molecule has 2 aromatic carbocycles. The Hall–Kier alpha value is -3.28. The fourth-order valence-electron chi connectivity index (χ4n) is 3.68. The Labute approximate surface area is 190 Å². The molecule has 0 aliphatic heterocycles. The van der Waals surface area contributed by atoms with Gasteiger partial charge >= 0.3 is 0 Å². The van der Waals surface area contributed by atoms with Crippen molar-refractivity contribution in [3.05, 3.63) is 66.5 Å². The molecule has 3 rings (SSSR count). The molecule has 170 valence electrons. The zero-order valence-corrected chi connectivity index (χ0v) is 19.0. The number of nitrogens with zero attached hydrogens (tertiary/aromatic N) is 2. The van der Waals surface area contributed by atoms with Gasteiger partial charge in [0.2, 0.25) is 5.91 Å². The van der Waals surface area contributed by atoms with Crippen molar-refractivity contribution in [2.75, 3.05) is 20.3 Å². The summed E-state index contributed by atoms with van der Waals surface area (Å²) in [5, 5.41) is 2.90. The van der Waals surface area contributed by atoms with Gasteiger partial charge in [0.15, 0.2) is 0 Å². The Morgan fingerprint density at radius 1 is 1.06 bits per heavy atom. The van der Waals surface area contributed by atoms with Crippen LogP contribution in [0.1, 0.15) is 38.4 Å². The number of hydrogen-bond acceptors (Lipinski definition) is 4. The van der Waals surface area contributed by atoms with Crippen LogP contribution in [0.15, 0.2) is 60.7 Å². The molecular weight excluding hydrogens is 402 g/mol. The van der Waals surface area contributed by atoms with E-state index in [9.17, 15) is 4.79 Å². The number of aryl methyl sites for hydroxylation is 2. The first-order valence-electron chi connectivity index (χ1n) is 11.3. The van der Waals surface area contributed by atoms with E-state index in [0.29, 0.717) is 13.2 Å². The van der Waals surface area contributed by atoms with Crippen molar-refractivity contribution in [1.29, 1.82) is 0 Å². The summed E-state index contributed by atoms with van der Waals surface area (Å²) in [4.78, 5) is 16.3. The van der Waals surface area contributed by atoms with Crippen LogP contribution in [-0.4, -0.2) is 35.7 Å². The summed E-state index contributed by atoms with van der Waals surface area (Å²) in [6.07, 6.45) is 8.19. The standard InChI is InChI=1S/C26H33N3O3/c1-3-11-26(30)27-17-8-4-5-16-25-28-23-14-6-7-15-24(23)29(25)18-10-19-32-22-13-9-12-21(20-22)31-2/h3,6-7,9,11-15,20H,4-5,8,10,16-19H2,1-2H3,(H,27,30)/b11-3+. The Bertz CT molecular complexity index is 1030. The zero-order chi connectivity index (χ0) is 22.6. The number of allylic oxidation sites excluding steroid dienone is 1. The first-order valence-corrected chi connectivity index (χ1v) is 11.3. The van der Waals surface area contributed by atoms with Crippen LogP contribution in [0.2, 0.25) is 0 Å². The maximum absolute atomic E-state index is 11.5. The number of benzene rings is 2. The molecule has 0 saturated carbocycles. The van der Waals surface area contributed by atoms with Crippen LogP contribution in [-0.2, 0) is 17.8 Å². The quantitative estimate of drug-likeness (QED) is 0.306. The van der Waals surface area contributed by atoms with Gasteiger partial charge in [-0.3, -0.25) is 4.79 Å². The molecule has 0 radical (unpaired) electrons. The summed E-state index contributed by atoms with van der Waals surface area (Å²) >= 11 is 0. The van der Waals surface area contributed by atoms with Crippen LogP contribution in [0, 0.1) is 0 Å². The third-order valence-electron chi connectivity index (χ3n) is 5.26. The van der Waals surface area contributed by atoms with E-state index in [-0.39, 0.29) is 5.91 Å². The molecule has 1 amide bonds. The lowest BCUT2D eigenvalue weighted by Crippen LogP contribution is -2.21. The molecule has 1 aromatic heterocycles. The van der Waals surface area contributed by atoms with Gasteiger partial charge in [-0.25, -0.2) is 4.98 Å². The number of rotatable bonds is 13. The minimum Gasteiger partial charge on any atom is -0.497 e. The molecule has 6 nitrogen and oxygen atoms in total. The molecule has 0 aliphatic carbocycles. The van der Waals surface area contributed by atoms with Crippen molar-refractivity contribution < 1.29 is 14.3 Å². The second kappa shape index (κ2) is 12.5. The predicted molar refractivity (Wildman–Crippen MR) is 128 cm³/mol. The number of methoxy groups -OCH3 is 1. The Kier molecular flexibility index (Phi) is 9.17. The van der Waals surface area contributed by atoms with Crippen LogP contribution in [0.25, 0.3) is 11.0 Å². The number of imidazole rings is 1. The molecule has 1 heterocycles. The van der Waals surface area contributed by atoms with E-state index in [0.717, 1.165) is 61.5 Å². The number of unbranched alkanes of at least 4 members (excludes halogenated alkanes) is 2. The van der Waals surface area contributed by atoms with Crippen molar-refractivity contribution in [1.82, 2.24) is 14.9 Å². The second-order valence-corrected chi connectivity index (χ2v) is 7.65. The zero-order valence-electron chi connectivity index (χ0n) is 19.0. The largest absolute Gasteiger partial charge is 0.497 e. The molecule has 32 heavy (non-hydrogen) atoms. The molecule has 0 spiro atoms. The van der Waals surface area contributed by atoms with Gasteiger partial charge < -0.3 is 19.4 Å². The first-order chi connectivity index (χ1) is 15.7. The number of aromatic nitrogens is 2. The lowest BCUT2D eigenvalue weighted by Gasteiger charge is -2.11. The topological polar surface area (TPSA) is 65.4 Å². The minimum atomic E-state index is -0.0227. The predicted octanol–water partition coefficient (Wildman–Crippen LogP) is 4.92. The van der Waals surface area contributed by atoms with Crippen molar-refractivity contribution in [2.24, 2.45) is 0 Å². The van der Waals surface area contributed by atoms with Crippen molar-refractivity contribution in [3.63, 3.8) is 0 Å². The lowest BCUT2D eigenvalue weighted by molar-refractivity contribution is -0.116. The summed E-state index contributed by atoms with van der Waals surface area (Å²) in [7, 11) is 1.66. The summed E-state index contributed by atoms with van der Waals surface area (Å²) in [5.41, 5.74) is 2.21. The van der Waals surface area contributed by atoms with Crippen molar-refractivity contribution in [2.45, 2.75) is 45.6 Å². The van der Waals surface area contributed by atoms with Crippen LogP contribution in [0.5, 0.6) is 11.5 Å². The fraction of sp³-hybridized carbons (Fsp3) is 0.385. The molecule has 0 atom stereocenters. The molecule has 0 aliphatic rings. The van der Waals surface area contributed by atoms with E-state index in [1.807, 2.05) is 37.3 Å². The lowest BCUT2D eigenvalue weighted by atomic mass is 10.2. The third kappa shape index (κ3) is 6.87. The van der Waals surface area contributed by atoms with Gasteiger partial charge in [-0.1, -0.05) is 30.7 Å². The highest BCUT2D eigenvalue weighted by Gasteiger charge is 2.10. The number of para-hydroxylation sites is 2. The van der Waals surface area contributed by atoms with E-state index in [4.69, 9.17) is 14.5 Å². The Morgan fingerprint density at radius 2 is 1.91 bits per heavy atom. The van der Waals surface area contributed by atoms with Gasteiger partial charge in [0, 0.05) is 25.6 Å². The molecule has 1 N–H and O–H groups in total. The second-order valence-electron chi connectivity index (χ2n) is 7.65. The van der Waals surface area contributed by atoms with Crippen LogP contribution < -0.4 is 14.8 Å². The minimum absolute atomic E-state index is 0.0227. The number of carbonyl (C=O) groups excluding carboxylic acids is 1. The van der Waals surface area contributed by atoms with E-state index in [1.165, 1.54) is 5.52 Å². The maximum Gasteiger partial charge on any atom is 0.243 e. The molecule has 0 saturated heterocycles. The molecule has 0 bridgehead atoms. The highest BCUT2D eigenvalue weighted by Crippen LogP contribution is 2.20. The van der Waals surface area contributed by atoms with Crippen LogP contribution in [0.3, 0.4) is 0 Å². The number of amides is 1. The van der Waals surface area contributed by atoms with E-state index in [2.05, 4.69) is 28.1 Å². The smallest absolute Gasteiger partial charge is 0.243 e. The highest BCUT2D eigenvalue weighted by atomic mass is 16.5.